The van der Waals surface area contributed by atoms with Gasteiger partial charge in [0, 0.05) is 6.42 Å². The highest BCUT2D eigenvalue weighted by Crippen LogP contribution is 2.08. The minimum absolute atomic E-state index is 0.221. The first kappa shape index (κ1) is 10.7. The fourth-order valence-corrected chi connectivity index (χ4v) is 1.28. The molecule has 0 bridgehead atoms. The molecule has 1 amide bonds. The summed E-state index contributed by atoms with van der Waals surface area (Å²) in [5.41, 5.74) is 0. The van der Waals surface area contributed by atoms with E-state index in [1.165, 1.54) is 0 Å². The van der Waals surface area contributed by atoms with Crippen LogP contribution in [0.3, 0.4) is 0 Å². The van der Waals surface area contributed by atoms with Crippen LogP contribution >= 0.6 is 0 Å². The number of carboxylic acids is 1. The molecule has 1 heterocycles. The smallest absolute Gasteiger partial charge is 0.306 e. The van der Waals surface area contributed by atoms with E-state index in [9.17, 15) is 9.59 Å². The average molecular weight is 198 g/mol. The number of carbonyl (C=O) groups is 2. The number of hydrogen-bond acceptors (Lipinski definition) is 3. The highest BCUT2D eigenvalue weighted by Gasteiger charge is 2.27. The second kappa shape index (κ2) is 4.74. The molecule has 0 saturated heterocycles. The maximum atomic E-state index is 11.2. The molecule has 0 aromatic carbocycles. The molecule has 1 aliphatic rings. The second-order valence-corrected chi connectivity index (χ2v) is 3.28. The van der Waals surface area contributed by atoms with Gasteiger partial charge in [-0.1, -0.05) is 13.3 Å². The molecule has 14 heavy (non-hydrogen) atoms. The number of unbranched alkanes of at least 4 members (excludes halogenated alkanes) is 1. The summed E-state index contributed by atoms with van der Waals surface area (Å²) in [6, 6.07) is -0.723. The van der Waals surface area contributed by atoms with Crippen molar-refractivity contribution in [1.82, 2.24) is 5.32 Å². The third-order valence-corrected chi connectivity index (χ3v) is 2.02. The van der Waals surface area contributed by atoms with Crippen molar-refractivity contribution in [2.75, 3.05) is 0 Å². The fraction of sp³-hybridized carbons (Fsp3) is 0.667. The van der Waals surface area contributed by atoms with Gasteiger partial charge in [0.05, 0.1) is 6.42 Å². The van der Waals surface area contributed by atoms with Crippen LogP contribution in [0.5, 0.6) is 0 Å². The van der Waals surface area contributed by atoms with E-state index in [-0.39, 0.29) is 12.3 Å². The molecule has 0 spiro atoms. The second-order valence-electron chi connectivity index (χ2n) is 3.28. The third kappa shape index (κ3) is 2.83. The van der Waals surface area contributed by atoms with Crippen LogP contribution in [0, 0.1) is 0 Å². The molecule has 1 aliphatic heterocycles. The summed E-state index contributed by atoms with van der Waals surface area (Å²) in [5, 5.41) is 11.1. The number of nitrogens with one attached hydrogen (secondary N) is 1. The zero-order valence-corrected chi connectivity index (χ0v) is 8.12. The van der Waals surface area contributed by atoms with E-state index in [0.29, 0.717) is 5.84 Å². The first-order chi connectivity index (χ1) is 6.63. The summed E-state index contributed by atoms with van der Waals surface area (Å²) in [4.78, 5) is 25.6. The number of carbonyl (C=O) groups excluding carboxylic acids is 1. The fourth-order valence-electron chi connectivity index (χ4n) is 1.28. The topological polar surface area (TPSA) is 78.8 Å². The molecule has 0 radical (unpaired) electrons. The van der Waals surface area contributed by atoms with Crippen LogP contribution in [0.4, 0.5) is 0 Å². The molecule has 0 saturated carbocycles. The quantitative estimate of drug-likeness (QED) is 0.677. The Kier molecular flexibility index (Phi) is 3.62. The lowest BCUT2D eigenvalue weighted by Gasteiger charge is -1.98. The van der Waals surface area contributed by atoms with Gasteiger partial charge < -0.3 is 10.4 Å². The molecule has 1 atom stereocenters. The van der Waals surface area contributed by atoms with E-state index < -0.39 is 12.0 Å². The number of nitrogens with zero attached hydrogens (tertiary/aromatic N) is 1. The van der Waals surface area contributed by atoms with Crippen LogP contribution in [0.15, 0.2) is 4.99 Å². The molecule has 5 heteroatoms. The van der Waals surface area contributed by atoms with Gasteiger partial charge in [-0.05, 0) is 6.42 Å². The molecule has 0 aromatic rings. The molecule has 5 nitrogen and oxygen atoms in total. The normalized spacial score (nSPS) is 20.5. The van der Waals surface area contributed by atoms with E-state index in [2.05, 4.69) is 10.3 Å². The van der Waals surface area contributed by atoms with Gasteiger partial charge in [0.1, 0.15) is 11.9 Å². The molecule has 2 N–H and O–H groups in total. The number of carboxylic acid groups (broad SMARTS) is 1. The summed E-state index contributed by atoms with van der Waals surface area (Å²) >= 11 is 0. The predicted octanol–water partition coefficient (Wildman–Crippen LogP) is 0.548. The molecule has 1 rings (SSSR count). The maximum absolute atomic E-state index is 11.2. The van der Waals surface area contributed by atoms with E-state index in [4.69, 9.17) is 5.11 Å². The zero-order chi connectivity index (χ0) is 10.6. The van der Waals surface area contributed by atoms with Crippen LogP contribution < -0.4 is 5.32 Å². The van der Waals surface area contributed by atoms with Crippen molar-refractivity contribution in [2.24, 2.45) is 4.99 Å². The van der Waals surface area contributed by atoms with E-state index in [1.807, 2.05) is 6.92 Å². The van der Waals surface area contributed by atoms with Gasteiger partial charge >= 0.3 is 5.97 Å². The van der Waals surface area contributed by atoms with Crippen LogP contribution in [0.25, 0.3) is 0 Å². The number of rotatable bonds is 5. The first-order valence-corrected chi connectivity index (χ1v) is 4.72. The Morgan fingerprint density at radius 2 is 2.36 bits per heavy atom. The Bertz CT molecular complexity index is 273. The van der Waals surface area contributed by atoms with Crippen molar-refractivity contribution in [3.05, 3.63) is 0 Å². The van der Waals surface area contributed by atoms with Crippen molar-refractivity contribution in [3.63, 3.8) is 0 Å². The number of amides is 1. The monoisotopic (exact) mass is 198 g/mol. The third-order valence-electron chi connectivity index (χ3n) is 2.02. The maximum Gasteiger partial charge on any atom is 0.306 e. The Balaban J connectivity index is 2.48. The molecular formula is C9H14N2O3. The summed E-state index contributed by atoms with van der Waals surface area (Å²) in [7, 11) is 0. The highest BCUT2D eigenvalue weighted by molar-refractivity contribution is 6.06. The minimum Gasteiger partial charge on any atom is -0.481 e. The number of aliphatic carboxylic acids is 1. The van der Waals surface area contributed by atoms with E-state index in [1.54, 1.807) is 0 Å². The van der Waals surface area contributed by atoms with Gasteiger partial charge in [0.15, 0.2) is 0 Å². The van der Waals surface area contributed by atoms with Crippen molar-refractivity contribution >= 4 is 17.7 Å². The molecule has 0 aromatic heterocycles. The van der Waals surface area contributed by atoms with Crippen LogP contribution in [-0.2, 0) is 9.59 Å². The van der Waals surface area contributed by atoms with Gasteiger partial charge in [0.25, 0.3) is 5.91 Å². The first-order valence-electron chi connectivity index (χ1n) is 4.72. The molecule has 0 aliphatic carbocycles. The SMILES string of the molecule is CCCCC1=NC(CC(=O)O)C(=O)N1. The average Bonchev–Trinajstić information content (AvgIpc) is 2.43. The van der Waals surface area contributed by atoms with Crippen molar-refractivity contribution in [3.8, 4) is 0 Å². The van der Waals surface area contributed by atoms with Crippen molar-refractivity contribution in [1.29, 1.82) is 0 Å². The van der Waals surface area contributed by atoms with Gasteiger partial charge in [-0.3, -0.25) is 14.6 Å². The summed E-state index contributed by atoms with van der Waals surface area (Å²) < 4.78 is 0. The summed E-state index contributed by atoms with van der Waals surface area (Å²) in [5.74, 6) is -0.660. The van der Waals surface area contributed by atoms with Crippen molar-refractivity contribution < 1.29 is 14.7 Å². The Morgan fingerprint density at radius 3 is 2.93 bits per heavy atom. The van der Waals surface area contributed by atoms with Gasteiger partial charge in [-0.15, -0.1) is 0 Å². The Morgan fingerprint density at radius 1 is 1.64 bits per heavy atom. The zero-order valence-electron chi connectivity index (χ0n) is 8.12. The Hall–Kier alpha value is -1.39. The van der Waals surface area contributed by atoms with Gasteiger partial charge in [0.2, 0.25) is 0 Å². The van der Waals surface area contributed by atoms with E-state index in [0.717, 1.165) is 19.3 Å². The molecule has 0 fully saturated rings. The largest absolute Gasteiger partial charge is 0.481 e. The van der Waals surface area contributed by atoms with Gasteiger partial charge in [-0.25, -0.2) is 0 Å². The lowest BCUT2D eigenvalue weighted by Crippen LogP contribution is -2.29. The number of amidine groups is 1. The highest BCUT2D eigenvalue weighted by atomic mass is 16.4. The predicted molar refractivity (Wildman–Crippen MR) is 51.1 cm³/mol. The lowest BCUT2D eigenvalue weighted by atomic mass is 10.2. The Labute approximate surface area is 82.2 Å². The van der Waals surface area contributed by atoms with Crippen LogP contribution in [0.1, 0.15) is 32.6 Å². The number of hydrogen-bond donors (Lipinski definition) is 2. The van der Waals surface area contributed by atoms with E-state index >= 15 is 0 Å². The lowest BCUT2D eigenvalue weighted by molar-refractivity contribution is -0.139. The van der Waals surface area contributed by atoms with Crippen molar-refractivity contribution in [2.45, 2.75) is 38.6 Å². The van der Waals surface area contributed by atoms with Crippen LogP contribution in [0.2, 0.25) is 0 Å². The minimum atomic E-state index is -0.995. The van der Waals surface area contributed by atoms with Gasteiger partial charge in [-0.2, -0.15) is 0 Å². The molecule has 78 valence electrons. The summed E-state index contributed by atoms with van der Waals surface area (Å²) in [6.45, 7) is 2.05. The van der Waals surface area contributed by atoms with Crippen LogP contribution in [-0.4, -0.2) is 28.9 Å². The molecule has 1 unspecified atom stereocenters. The number of aliphatic imine (C=N–C) groups is 1. The standard InChI is InChI=1S/C9H14N2O3/c1-2-3-4-7-10-6(5-8(12)13)9(14)11-7/h6H,2-5H2,1H3,(H,12,13)(H,10,11,14). The molecular weight excluding hydrogens is 184 g/mol. The summed E-state index contributed by atoms with van der Waals surface area (Å²) in [6.07, 6.45) is 2.48.